The summed E-state index contributed by atoms with van der Waals surface area (Å²) in [6.45, 7) is 1.94. The second-order valence-corrected chi connectivity index (χ2v) is 3.50. The van der Waals surface area contributed by atoms with Gasteiger partial charge in [0.05, 0.1) is 0 Å². The van der Waals surface area contributed by atoms with E-state index in [1.165, 1.54) is 0 Å². The molecule has 2 aromatic carbocycles. The van der Waals surface area contributed by atoms with Crippen molar-refractivity contribution in [2.24, 2.45) is 10.9 Å². The molecule has 0 saturated heterocycles. The molecule has 0 amide bonds. The van der Waals surface area contributed by atoms with Gasteiger partial charge in [-0.25, -0.2) is 0 Å². The summed E-state index contributed by atoms with van der Waals surface area (Å²) in [5.41, 5.74) is 7.36. The van der Waals surface area contributed by atoms with Gasteiger partial charge in [-0.2, -0.15) is 0 Å². The fraction of sp³-hybridized carbons (Fsp3) is 0.0833. The Morgan fingerprint density at radius 2 is 1.80 bits per heavy atom. The summed E-state index contributed by atoms with van der Waals surface area (Å²) in [7, 11) is 0. The normalized spacial score (nSPS) is 11.9. The first-order chi connectivity index (χ1) is 7.22. The molecule has 0 heterocycles. The van der Waals surface area contributed by atoms with Gasteiger partial charge in [-0.1, -0.05) is 35.5 Å². The number of nitrogens with zero attached hydrogens (tertiary/aromatic N) is 1. The van der Waals surface area contributed by atoms with Crippen LogP contribution in [0.5, 0.6) is 0 Å². The lowest BCUT2D eigenvalue weighted by atomic mass is 10.0. The van der Waals surface area contributed by atoms with E-state index in [2.05, 4.69) is 5.16 Å². The summed E-state index contributed by atoms with van der Waals surface area (Å²) < 4.78 is 0. The van der Waals surface area contributed by atoms with Crippen molar-refractivity contribution in [1.82, 2.24) is 0 Å². The lowest BCUT2D eigenvalue weighted by Crippen LogP contribution is -2.14. The van der Waals surface area contributed by atoms with Crippen LogP contribution in [0.4, 0.5) is 0 Å². The molecular formula is C12H12N2O. The van der Waals surface area contributed by atoms with Crippen LogP contribution in [-0.4, -0.2) is 11.0 Å². The van der Waals surface area contributed by atoms with Crippen LogP contribution >= 0.6 is 0 Å². The first-order valence-corrected chi connectivity index (χ1v) is 4.69. The van der Waals surface area contributed by atoms with Gasteiger partial charge in [0.15, 0.2) is 5.84 Å². The zero-order chi connectivity index (χ0) is 10.8. The van der Waals surface area contributed by atoms with Crippen LogP contribution in [0.2, 0.25) is 0 Å². The molecule has 2 aromatic rings. The molecule has 0 bridgehead atoms. The highest BCUT2D eigenvalue weighted by Crippen LogP contribution is 2.19. The molecule has 0 aromatic heterocycles. The molecule has 0 atom stereocenters. The summed E-state index contributed by atoms with van der Waals surface area (Å²) in [4.78, 5) is 0. The molecule has 15 heavy (non-hydrogen) atoms. The number of oxime groups is 1. The van der Waals surface area contributed by atoms with Gasteiger partial charge in [0.25, 0.3) is 0 Å². The maximum Gasteiger partial charge on any atom is 0.170 e. The number of hydrogen-bond acceptors (Lipinski definition) is 2. The van der Waals surface area contributed by atoms with Crippen molar-refractivity contribution < 1.29 is 5.21 Å². The highest BCUT2D eigenvalue weighted by atomic mass is 16.4. The number of amidine groups is 1. The van der Waals surface area contributed by atoms with Crippen LogP contribution in [0, 0.1) is 6.92 Å². The molecule has 0 spiro atoms. The van der Waals surface area contributed by atoms with E-state index >= 15 is 0 Å². The Labute approximate surface area is 87.8 Å². The predicted molar refractivity (Wildman–Crippen MR) is 61.2 cm³/mol. The van der Waals surface area contributed by atoms with Crippen LogP contribution in [0.25, 0.3) is 10.8 Å². The number of aryl methyl sites for hydroxylation is 1. The minimum Gasteiger partial charge on any atom is -0.409 e. The fourth-order valence-corrected chi connectivity index (χ4v) is 1.68. The Morgan fingerprint density at radius 3 is 2.40 bits per heavy atom. The maximum absolute atomic E-state index is 8.65. The third kappa shape index (κ3) is 1.64. The molecule has 0 radical (unpaired) electrons. The van der Waals surface area contributed by atoms with Gasteiger partial charge in [-0.3, -0.25) is 0 Å². The Bertz CT molecular complexity index is 532. The molecule has 76 valence electrons. The smallest absolute Gasteiger partial charge is 0.170 e. The second-order valence-electron chi connectivity index (χ2n) is 3.50. The standard InChI is InChI=1S/C12H12N2O/c1-8-6-9-4-2-3-5-10(9)7-11(8)12(13)14-15/h2-7,15H,1H3,(H2,13,14). The largest absolute Gasteiger partial charge is 0.409 e. The fourth-order valence-electron chi connectivity index (χ4n) is 1.68. The van der Waals surface area contributed by atoms with E-state index < -0.39 is 0 Å². The van der Waals surface area contributed by atoms with E-state index in [1.807, 2.05) is 43.3 Å². The van der Waals surface area contributed by atoms with Crippen LogP contribution in [0.3, 0.4) is 0 Å². The van der Waals surface area contributed by atoms with Crippen molar-refractivity contribution in [1.29, 1.82) is 0 Å². The Hall–Kier alpha value is -2.03. The van der Waals surface area contributed by atoms with Crippen LogP contribution < -0.4 is 5.73 Å². The monoisotopic (exact) mass is 200 g/mol. The molecule has 3 nitrogen and oxygen atoms in total. The first-order valence-electron chi connectivity index (χ1n) is 4.69. The van der Waals surface area contributed by atoms with Gasteiger partial charge in [0.2, 0.25) is 0 Å². The third-order valence-corrected chi connectivity index (χ3v) is 2.48. The van der Waals surface area contributed by atoms with Crippen molar-refractivity contribution in [3.63, 3.8) is 0 Å². The number of benzene rings is 2. The van der Waals surface area contributed by atoms with Crippen molar-refractivity contribution in [2.75, 3.05) is 0 Å². The van der Waals surface area contributed by atoms with Gasteiger partial charge in [-0.15, -0.1) is 0 Å². The number of hydrogen-bond donors (Lipinski definition) is 2. The molecule has 0 aliphatic heterocycles. The highest BCUT2D eigenvalue weighted by molar-refractivity contribution is 6.02. The van der Waals surface area contributed by atoms with Crippen molar-refractivity contribution in [2.45, 2.75) is 6.92 Å². The zero-order valence-corrected chi connectivity index (χ0v) is 8.44. The molecule has 3 heteroatoms. The van der Waals surface area contributed by atoms with Gasteiger partial charge in [-0.05, 0) is 29.3 Å². The summed E-state index contributed by atoms with van der Waals surface area (Å²) in [5, 5.41) is 13.9. The van der Waals surface area contributed by atoms with Gasteiger partial charge >= 0.3 is 0 Å². The van der Waals surface area contributed by atoms with Crippen molar-refractivity contribution in [3.8, 4) is 0 Å². The third-order valence-electron chi connectivity index (χ3n) is 2.48. The Morgan fingerprint density at radius 1 is 1.20 bits per heavy atom. The average Bonchev–Trinajstić information content (AvgIpc) is 2.27. The van der Waals surface area contributed by atoms with E-state index in [9.17, 15) is 0 Å². The summed E-state index contributed by atoms with van der Waals surface area (Å²) in [6, 6.07) is 12.0. The summed E-state index contributed by atoms with van der Waals surface area (Å²) in [5.74, 6) is 0.151. The van der Waals surface area contributed by atoms with Crippen molar-refractivity contribution in [3.05, 3.63) is 47.5 Å². The summed E-state index contributed by atoms with van der Waals surface area (Å²) in [6.07, 6.45) is 0. The molecule has 0 fully saturated rings. The lowest BCUT2D eigenvalue weighted by Gasteiger charge is -2.06. The second kappa shape index (κ2) is 3.61. The highest BCUT2D eigenvalue weighted by Gasteiger charge is 2.04. The predicted octanol–water partition coefficient (Wildman–Crippen LogP) is 2.24. The number of nitrogens with two attached hydrogens (primary N) is 1. The average molecular weight is 200 g/mol. The first kappa shape index (κ1) is 9.52. The van der Waals surface area contributed by atoms with E-state index in [0.29, 0.717) is 0 Å². The lowest BCUT2D eigenvalue weighted by molar-refractivity contribution is 0.318. The topological polar surface area (TPSA) is 58.6 Å². The zero-order valence-electron chi connectivity index (χ0n) is 8.44. The van der Waals surface area contributed by atoms with E-state index in [-0.39, 0.29) is 5.84 Å². The molecular weight excluding hydrogens is 188 g/mol. The molecule has 2 rings (SSSR count). The van der Waals surface area contributed by atoms with Crippen LogP contribution in [0.1, 0.15) is 11.1 Å². The quantitative estimate of drug-likeness (QED) is 0.321. The molecule has 0 unspecified atom stereocenters. The Kier molecular flexibility index (Phi) is 2.29. The molecule has 0 aliphatic rings. The molecule has 0 aliphatic carbocycles. The van der Waals surface area contributed by atoms with Crippen LogP contribution in [-0.2, 0) is 0 Å². The van der Waals surface area contributed by atoms with Gasteiger partial charge in [0.1, 0.15) is 0 Å². The van der Waals surface area contributed by atoms with Gasteiger partial charge in [0, 0.05) is 5.56 Å². The van der Waals surface area contributed by atoms with E-state index in [1.54, 1.807) is 0 Å². The van der Waals surface area contributed by atoms with E-state index in [0.717, 1.165) is 21.9 Å². The Balaban J connectivity index is 2.72. The van der Waals surface area contributed by atoms with Gasteiger partial charge < -0.3 is 10.9 Å². The minimum absolute atomic E-state index is 0.151. The van der Waals surface area contributed by atoms with Crippen molar-refractivity contribution >= 4 is 16.6 Å². The minimum atomic E-state index is 0.151. The SMILES string of the molecule is Cc1cc2ccccc2cc1/C(N)=N/O. The van der Waals surface area contributed by atoms with E-state index in [4.69, 9.17) is 10.9 Å². The summed E-state index contributed by atoms with van der Waals surface area (Å²) >= 11 is 0. The van der Waals surface area contributed by atoms with Crippen LogP contribution in [0.15, 0.2) is 41.6 Å². The maximum atomic E-state index is 8.65. The molecule has 0 saturated carbocycles. The number of rotatable bonds is 1. The molecule has 3 N–H and O–H groups in total. The number of fused-ring (bicyclic) bond motifs is 1.